The van der Waals surface area contributed by atoms with Gasteiger partial charge in [-0.15, -0.1) is 0 Å². The summed E-state index contributed by atoms with van der Waals surface area (Å²) < 4.78 is 13.4. The number of para-hydroxylation sites is 1. The summed E-state index contributed by atoms with van der Waals surface area (Å²) in [5, 5.41) is 13.1. The van der Waals surface area contributed by atoms with Crippen molar-refractivity contribution in [3.8, 4) is 5.75 Å². The van der Waals surface area contributed by atoms with Crippen LogP contribution in [0.3, 0.4) is 0 Å². The number of hydrogen-bond donors (Lipinski definition) is 2. The smallest absolute Gasteiger partial charge is 0.134 e. The minimum Gasteiger partial charge on any atom is -0.506 e. The van der Waals surface area contributed by atoms with Gasteiger partial charge in [0.1, 0.15) is 11.6 Å². The Bertz CT molecular complexity index is 542. The molecule has 0 aliphatic carbocycles. The second-order valence-corrected chi connectivity index (χ2v) is 5.16. The van der Waals surface area contributed by atoms with E-state index in [0.29, 0.717) is 11.0 Å². The molecule has 0 radical (unpaired) electrons. The maximum absolute atomic E-state index is 12.7. The molecule has 0 aliphatic heterocycles. The van der Waals surface area contributed by atoms with Gasteiger partial charge < -0.3 is 10.4 Å². The van der Waals surface area contributed by atoms with Gasteiger partial charge in [0, 0.05) is 12.1 Å². The minimum absolute atomic E-state index is 0.212. The fourth-order valence-electron chi connectivity index (χ4n) is 1.81. The van der Waals surface area contributed by atoms with Gasteiger partial charge in [-0.3, -0.25) is 0 Å². The van der Waals surface area contributed by atoms with Crippen LogP contribution in [-0.4, -0.2) is 11.7 Å². The molecule has 2 aromatic carbocycles. The van der Waals surface area contributed by atoms with Crippen molar-refractivity contribution in [3.63, 3.8) is 0 Å². The fraction of sp³-hybridized carbons (Fsp3) is 0.200. The number of phenols is 1. The molecule has 0 amide bonds. The Kier molecular flexibility index (Phi) is 4.93. The molecule has 2 N–H and O–H groups in total. The molecule has 4 heteroatoms. The number of nitrogens with one attached hydrogen (secondary N) is 1. The van der Waals surface area contributed by atoms with Crippen LogP contribution >= 0.6 is 15.9 Å². The molecule has 100 valence electrons. The van der Waals surface area contributed by atoms with E-state index in [-0.39, 0.29) is 11.6 Å². The lowest BCUT2D eigenvalue weighted by Gasteiger charge is -2.08. The second kappa shape index (κ2) is 6.68. The summed E-state index contributed by atoms with van der Waals surface area (Å²) in [6.07, 6.45) is 0.828. The van der Waals surface area contributed by atoms with Crippen LogP contribution in [0.4, 0.5) is 4.39 Å². The third-order valence-electron chi connectivity index (χ3n) is 2.89. The minimum atomic E-state index is -0.212. The van der Waals surface area contributed by atoms with Crippen LogP contribution in [0.1, 0.15) is 11.1 Å². The van der Waals surface area contributed by atoms with Crippen molar-refractivity contribution in [2.24, 2.45) is 0 Å². The van der Waals surface area contributed by atoms with Crippen LogP contribution in [0.2, 0.25) is 0 Å². The Morgan fingerprint density at radius 3 is 2.58 bits per heavy atom. The van der Waals surface area contributed by atoms with Gasteiger partial charge in [-0.25, -0.2) is 4.39 Å². The molecule has 2 nitrogen and oxygen atoms in total. The Balaban J connectivity index is 1.81. The highest BCUT2D eigenvalue weighted by molar-refractivity contribution is 9.10. The lowest BCUT2D eigenvalue weighted by atomic mass is 10.1. The Morgan fingerprint density at radius 1 is 1.11 bits per heavy atom. The van der Waals surface area contributed by atoms with Crippen molar-refractivity contribution >= 4 is 15.9 Å². The summed E-state index contributed by atoms with van der Waals surface area (Å²) in [5.41, 5.74) is 1.95. The average Bonchev–Trinajstić information content (AvgIpc) is 2.41. The zero-order valence-corrected chi connectivity index (χ0v) is 12.0. The van der Waals surface area contributed by atoms with Crippen molar-refractivity contribution in [2.75, 3.05) is 6.54 Å². The van der Waals surface area contributed by atoms with E-state index < -0.39 is 0 Å². The number of hydrogen-bond acceptors (Lipinski definition) is 2. The third kappa shape index (κ3) is 4.04. The molecule has 0 unspecified atom stereocenters. The van der Waals surface area contributed by atoms with E-state index in [1.54, 1.807) is 18.2 Å². The van der Waals surface area contributed by atoms with Gasteiger partial charge >= 0.3 is 0 Å². The summed E-state index contributed by atoms with van der Waals surface area (Å²) in [6.45, 7) is 1.38. The first-order valence-corrected chi connectivity index (χ1v) is 6.87. The Morgan fingerprint density at radius 2 is 1.84 bits per heavy atom. The number of rotatable bonds is 5. The third-order valence-corrected chi connectivity index (χ3v) is 3.53. The quantitative estimate of drug-likeness (QED) is 0.823. The van der Waals surface area contributed by atoms with E-state index in [1.807, 2.05) is 12.1 Å². The van der Waals surface area contributed by atoms with Crippen molar-refractivity contribution < 1.29 is 9.50 Å². The zero-order chi connectivity index (χ0) is 13.7. The fourth-order valence-corrected chi connectivity index (χ4v) is 2.22. The van der Waals surface area contributed by atoms with E-state index in [0.717, 1.165) is 24.1 Å². The first-order valence-electron chi connectivity index (χ1n) is 6.08. The summed E-state index contributed by atoms with van der Waals surface area (Å²) in [7, 11) is 0. The maximum Gasteiger partial charge on any atom is 0.134 e. The molecule has 0 saturated heterocycles. The van der Waals surface area contributed by atoms with Crippen LogP contribution in [0.25, 0.3) is 0 Å². The van der Waals surface area contributed by atoms with Crippen LogP contribution in [0.15, 0.2) is 46.9 Å². The molecule has 2 aromatic rings. The predicted molar refractivity (Wildman–Crippen MR) is 77.6 cm³/mol. The van der Waals surface area contributed by atoms with Crippen LogP contribution in [0.5, 0.6) is 5.75 Å². The van der Waals surface area contributed by atoms with Crippen molar-refractivity contribution in [3.05, 3.63) is 63.9 Å². The molecule has 0 atom stereocenters. The second-order valence-electron chi connectivity index (χ2n) is 4.30. The summed E-state index contributed by atoms with van der Waals surface area (Å²) in [6, 6.07) is 12.1. The highest BCUT2D eigenvalue weighted by Gasteiger charge is 2.03. The molecule has 0 fully saturated rings. The van der Waals surface area contributed by atoms with E-state index in [4.69, 9.17) is 0 Å². The summed E-state index contributed by atoms with van der Waals surface area (Å²) in [5.74, 6) is 0.0625. The molecule has 0 spiro atoms. The number of halogens is 2. The maximum atomic E-state index is 12.7. The molecule has 0 bridgehead atoms. The average molecular weight is 324 g/mol. The molecular weight excluding hydrogens is 309 g/mol. The lowest BCUT2D eigenvalue weighted by molar-refractivity contribution is 0.461. The van der Waals surface area contributed by atoms with E-state index in [1.165, 1.54) is 12.1 Å². The highest BCUT2D eigenvalue weighted by atomic mass is 79.9. The summed E-state index contributed by atoms with van der Waals surface area (Å²) >= 11 is 3.29. The predicted octanol–water partition coefficient (Wildman–Crippen LogP) is 3.63. The largest absolute Gasteiger partial charge is 0.506 e. The first-order chi connectivity index (χ1) is 9.16. The zero-order valence-electron chi connectivity index (χ0n) is 10.4. The molecule has 19 heavy (non-hydrogen) atoms. The van der Waals surface area contributed by atoms with Gasteiger partial charge in [-0.1, -0.05) is 24.3 Å². The molecule has 0 aliphatic rings. The normalized spacial score (nSPS) is 10.6. The molecule has 0 aromatic heterocycles. The highest BCUT2D eigenvalue weighted by Crippen LogP contribution is 2.27. The van der Waals surface area contributed by atoms with Crippen molar-refractivity contribution in [1.29, 1.82) is 0 Å². The topological polar surface area (TPSA) is 32.3 Å². The van der Waals surface area contributed by atoms with Gasteiger partial charge in [0.05, 0.1) is 4.47 Å². The number of benzene rings is 2. The Labute approximate surface area is 120 Å². The van der Waals surface area contributed by atoms with Gasteiger partial charge in [0.25, 0.3) is 0 Å². The SMILES string of the molecule is Oc1c(Br)cccc1CNCCc1ccc(F)cc1. The van der Waals surface area contributed by atoms with Crippen LogP contribution < -0.4 is 5.32 Å². The van der Waals surface area contributed by atoms with E-state index in [9.17, 15) is 9.50 Å². The van der Waals surface area contributed by atoms with Gasteiger partial charge in [0.15, 0.2) is 0 Å². The monoisotopic (exact) mass is 323 g/mol. The van der Waals surface area contributed by atoms with E-state index >= 15 is 0 Å². The van der Waals surface area contributed by atoms with E-state index in [2.05, 4.69) is 21.2 Å². The van der Waals surface area contributed by atoms with Crippen molar-refractivity contribution in [2.45, 2.75) is 13.0 Å². The molecule has 2 rings (SSSR count). The van der Waals surface area contributed by atoms with Gasteiger partial charge in [0.2, 0.25) is 0 Å². The Hall–Kier alpha value is -1.39. The first kappa shape index (κ1) is 14.0. The van der Waals surface area contributed by atoms with Gasteiger partial charge in [-0.2, -0.15) is 0 Å². The van der Waals surface area contributed by atoms with Gasteiger partial charge in [-0.05, 0) is 52.7 Å². The lowest BCUT2D eigenvalue weighted by Crippen LogP contribution is -2.16. The molecule has 0 saturated carbocycles. The number of aromatic hydroxyl groups is 1. The van der Waals surface area contributed by atoms with Crippen molar-refractivity contribution in [1.82, 2.24) is 5.32 Å². The van der Waals surface area contributed by atoms with Crippen LogP contribution in [0, 0.1) is 5.82 Å². The summed E-state index contributed by atoms with van der Waals surface area (Å²) in [4.78, 5) is 0. The standard InChI is InChI=1S/C15H15BrFNO/c16-14-3-1-2-12(15(14)19)10-18-9-8-11-4-6-13(17)7-5-11/h1-7,18-19H,8-10H2. The van der Waals surface area contributed by atoms with Crippen LogP contribution in [-0.2, 0) is 13.0 Å². The molecular formula is C15H15BrFNO. The molecule has 0 heterocycles. The number of phenolic OH excluding ortho intramolecular Hbond substituents is 1.